The second-order valence-corrected chi connectivity index (χ2v) is 6.52. The number of rotatable bonds is 4. The molecule has 0 aliphatic carbocycles. The molecule has 0 amide bonds. The van der Waals surface area contributed by atoms with Gasteiger partial charge in [0.15, 0.2) is 0 Å². The van der Waals surface area contributed by atoms with Gasteiger partial charge in [-0.05, 0) is 54.8 Å². The fourth-order valence-electron chi connectivity index (χ4n) is 2.71. The molecule has 2 N–H and O–H groups in total. The number of fused-ring (bicyclic) bond motifs is 1. The highest BCUT2D eigenvalue weighted by Crippen LogP contribution is 2.28. The van der Waals surface area contributed by atoms with Gasteiger partial charge in [0, 0.05) is 22.7 Å². The van der Waals surface area contributed by atoms with Crippen molar-refractivity contribution in [3.05, 3.63) is 65.7 Å². The van der Waals surface area contributed by atoms with E-state index in [2.05, 4.69) is 11.1 Å². The summed E-state index contributed by atoms with van der Waals surface area (Å²) in [6, 6.07) is 18.1. The molecule has 3 rings (SSSR count). The molecule has 0 radical (unpaired) electrons. The van der Waals surface area contributed by atoms with Crippen molar-refractivity contribution in [1.82, 2.24) is 4.98 Å². The quantitative estimate of drug-likeness (QED) is 0.679. The summed E-state index contributed by atoms with van der Waals surface area (Å²) in [7, 11) is 0. The number of nitriles is 1. The molecule has 1 aromatic heterocycles. The van der Waals surface area contributed by atoms with E-state index in [9.17, 15) is 10.1 Å². The van der Waals surface area contributed by atoms with Crippen LogP contribution in [0.5, 0.6) is 0 Å². The molecular weight excluding hydrogens is 312 g/mol. The van der Waals surface area contributed by atoms with E-state index in [1.807, 2.05) is 62.4 Å². The fourth-order valence-corrected chi connectivity index (χ4v) is 2.71. The van der Waals surface area contributed by atoms with Crippen molar-refractivity contribution in [3.63, 3.8) is 0 Å². The molecule has 2 aromatic carbocycles. The van der Waals surface area contributed by atoms with Crippen molar-refractivity contribution >= 4 is 22.9 Å². The zero-order chi connectivity index (χ0) is 18.0. The van der Waals surface area contributed by atoms with E-state index < -0.39 is 11.4 Å². The van der Waals surface area contributed by atoms with E-state index in [0.717, 1.165) is 39.4 Å². The molecule has 0 saturated carbocycles. The lowest BCUT2D eigenvalue weighted by atomic mass is 9.86. The molecule has 0 fully saturated rings. The molecule has 4 nitrogen and oxygen atoms in total. The number of benzene rings is 2. The van der Waals surface area contributed by atoms with Crippen LogP contribution in [0, 0.1) is 11.3 Å². The number of aromatic amines is 1. The molecule has 1 heterocycles. The van der Waals surface area contributed by atoms with E-state index in [0.29, 0.717) is 0 Å². The van der Waals surface area contributed by atoms with Crippen molar-refractivity contribution in [2.75, 3.05) is 0 Å². The standard InChI is InChI=1S/C21H18N2O2/c1-21(2,13-22)17-7-5-15(6-8-17)19-12-16-11-14(4-10-20(24)25)3-9-18(16)23-19/h3-12,23H,1-2H3,(H,24,25)/b10-4+. The Labute approximate surface area is 146 Å². The molecule has 4 heteroatoms. The Morgan fingerprint density at radius 2 is 1.88 bits per heavy atom. The van der Waals surface area contributed by atoms with Crippen LogP contribution in [0.4, 0.5) is 0 Å². The largest absolute Gasteiger partial charge is 0.478 e. The van der Waals surface area contributed by atoms with Crippen molar-refractivity contribution in [1.29, 1.82) is 5.26 Å². The summed E-state index contributed by atoms with van der Waals surface area (Å²) in [4.78, 5) is 14.0. The maximum atomic E-state index is 10.6. The first-order valence-corrected chi connectivity index (χ1v) is 7.95. The van der Waals surface area contributed by atoms with Gasteiger partial charge in [-0.2, -0.15) is 5.26 Å². The van der Waals surface area contributed by atoms with Gasteiger partial charge >= 0.3 is 5.97 Å². The average Bonchev–Trinajstić information content (AvgIpc) is 3.03. The van der Waals surface area contributed by atoms with Gasteiger partial charge in [-0.25, -0.2) is 4.79 Å². The minimum absolute atomic E-state index is 0.510. The van der Waals surface area contributed by atoms with Crippen molar-refractivity contribution in [3.8, 4) is 17.3 Å². The highest BCUT2D eigenvalue weighted by atomic mass is 16.4. The molecule has 0 aliphatic rings. The highest BCUT2D eigenvalue weighted by Gasteiger charge is 2.19. The maximum absolute atomic E-state index is 10.6. The third-order valence-electron chi connectivity index (χ3n) is 4.26. The molecule has 0 unspecified atom stereocenters. The Morgan fingerprint density at radius 3 is 2.52 bits per heavy atom. The first-order chi connectivity index (χ1) is 11.9. The van der Waals surface area contributed by atoms with E-state index in [1.165, 1.54) is 0 Å². The molecule has 0 spiro atoms. The lowest BCUT2D eigenvalue weighted by Gasteiger charge is -2.15. The fraction of sp³-hybridized carbons (Fsp3) is 0.143. The predicted molar refractivity (Wildman–Crippen MR) is 99.0 cm³/mol. The van der Waals surface area contributed by atoms with Crippen LogP contribution in [-0.4, -0.2) is 16.1 Å². The monoisotopic (exact) mass is 330 g/mol. The predicted octanol–water partition coefficient (Wildman–Crippen LogP) is 4.73. The molecule has 3 aromatic rings. The Bertz CT molecular complexity index is 1000. The van der Waals surface area contributed by atoms with E-state index >= 15 is 0 Å². The highest BCUT2D eigenvalue weighted by molar-refractivity contribution is 5.90. The van der Waals surface area contributed by atoms with Crippen molar-refractivity contribution in [2.45, 2.75) is 19.3 Å². The summed E-state index contributed by atoms with van der Waals surface area (Å²) in [5.74, 6) is -0.963. The minimum atomic E-state index is -0.963. The molecule has 0 atom stereocenters. The summed E-state index contributed by atoms with van der Waals surface area (Å²) < 4.78 is 0. The Hall–Kier alpha value is -3.32. The summed E-state index contributed by atoms with van der Waals surface area (Å²) in [6.45, 7) is 3.80. The van der Waals surface area contributed by atoms with Gasteiger partial charge in [0.2, 0.25) is 0 Å². The van der Waals surface area contributed by atoms with Gasteiger partial charge in [0.05, 0.1) is 11.5 Å². The van der Waals surface area contributed by atoms with E-state index in [4.69, 9.17) is 5.11 Å². The normalized spacial score (nSPS) is 11.7. The third kappa shape index (κ3) is 3.46. The van der Waals surface area contributed by atoms with Gasteiger partial charge in [-0.15, -0.1) is 0 Å². The summed E-state index contributed by atoms with van der Waals surface area (Å²) in [5.41, 5.74) is 4.32. The second-order valence-electron chi connectivity index (χ2n) is 6.52. The van der Waals surface area contributed by atoms with Crippen LogP contribution in [0.3, 0.4) is 0 Å². The summed E-state index contributed by atoms with van der Waals surface area (Å²) in [5, 5.41) is 19.0. The van der Waals surface area contributed by atoms with Crippen LogP contribution in [0.1, 0.15) is 25.0 Å². The Balaban J connectivity index is 1.94. The van der Waals surface area contributed by atoms with Gasteiger partial charge in [-0.3, -0.25) is 0 Å². The van der Waals surface area contributed by atoms with Gasteiger partial charge < -0.3 is 10.1 Å². The second kappa shape index (κ2) is 6.29. The van der Waals surface area contributed by atoms with Crippen LogP contribution in [0.25, 0.3) is 28.2 Å². The Kier molecular flexibility index (Phi) is 4.16. The number of carbonyl (C=O) groups is 1. The minimum Gasteiger partial charge on any atom is -0.478 e. The third-order valence-corrected chi connectivity index (χ3v) is 4.26. The van der Waals surface area contributed by atoms with Gasteiger partial charge in [0.1, 0.15) is 0 Å². The number of H-pyrrole nitrogens is 1. The molecular formula is C21H18N2O2. The molecule has 124 valence electrons. The zero-order valence-electron chi connectivity index (χ0n) is 14.1. The lowest BCUT2D eigenvalue weighted by molar-refractivity contribution is -0.131. The van der Waals surface area contributed by atoms with Crippen LogP contribution in [0.2, 0.25) is 0 Å². The molecule has 0 saturated heterocycles. The number of aliphatic carboxylic acids is 1. The SMILES string of the molecule is CC(C)(C#N)c1ccc(-c2cc3cc(/C=C/C(=O)O)ccc3[nH]2)cc1. The van der Waals surface area contributed by atoms with Crippen LogP contribution >= 0.6 is 0 Å². The maximum Gasteiger partial charge on any atom is 0.328 e. The number of nitrogens with one attached hydrogen (secondary N) is 1. The van der Waals surface area contributed by atoms with E-state index in [1.54, 1.807) is 6.08 Å². The van der Waals surface area contributed by atoms with Gasteiger partial charge in [-0.1, -0.05) is 30.3 Å². The Morgan fingerprint density at radius 1 is 1.16 bits per heavy atom. The first kappa shape index (κ1) is 16.5. The molecule has 25 heavy (non-hydrogen) atoms. The van der Waals surface area contributed by atoms with Gasteiger partial charge in [0.25, 0.3) is 0 Å². The zero-order valence-corrected chi connectivity index (χ0v) is 14.1. The number of hydrogen-bond acceptors (Lipinski definition) is 2. The molecule has 0 bridgehead atoms. The number of aromatic nitrogens is 1. The van der Waals surface area contributed by atoms with Crippen LogP contribution < -0.4 is 0 Å². The summed E-state index contributed by atoms with van der Waals surface area (Å²) in [6.07, 6.45) is 2.71. The average molecular weight is 330 g/mol. The smallest absolute Gasteiger partial charge is 0.328 e. The lowest BCUT2D eigenvalue weighted by Crippen LogP contribution is -2.13. The summed E-state index contributed by atoms with van der Waals surface area (Å²) >= 11 is 0. The number of carboxylic acid groups (broad SMARTS) is 1. The topological polar surface area (TPSA) is 76.9 Å². The number of hydrogen-bond donors (Lipinski definition) is 2. The first-order valence-electron chi connectivity index (χ1n) is 7.95. The van der Waals surface area contributed by atoms with Crippen molar-refractivity contribution in [2.24, 2.45) is 0 Å². The number of nitrogens with zero attached hydrogens (tertiary/aromatic N) is 1. The van der Waals surface area contributed by atoms with Crippen LogP contribution in [-0.2, 0) is 10.2 Å². The molecule has 0 aliphatic heterocycles. The van der Waals surface area contributed by atoms with Crippen molar-refractivity contribution < 1.29 is 9.90 Å². The van der Waals surface area contributed by atoms with Crippen LogP contribution in [0.15, 0.2) is 54.6 Å². The van der Waals surface area contributed by atoms with E-state index in [-0.39, 0.29) is 0 Å². The number of carboxylic acids is 1.